The number of nitrogens with zero attached hydrogens (tertiary/aromatic N) is 1. The van der Waals surface area contributed by atoms with Gasteiger partial charge in [0.1, 0.15) is 10.3 Å². The molecule has 1 aromatic rings. The molecule has 1 aromatic heterocycles. The van der Waals surface area contributed by atoms with Crippen LogP contribution in [0.5, 0.6) is 0 Å². The van der Waals surface area contributed by atoms with E-state index in [1.54, 1.807) is 12.1 Å². The Kier molecular flexibility index (Phi) is 2.17. The van der Waals surface area contributed by atoms with Gasteiger partial charge in [0.05, 0.1) is 5.02 Å². The zero-order valence-corrected chi connectivity index (χ0v) is 6.50. The molecule has 1 rings (SSSR count). The number of rotatable bonds is 0. The lowest BCUT2D eigenvalue weighted by Crippen LogP contribution is -1.75. The van der Waals surface area contributed by atoms with Gasteiger partial charge in [-0.25, -0.2) is 4.98 Å². The van der Waals surface area contributed by atoms with Gasteiger partial charge in [-0.15, -0.1) is 0 Å². The van der Waals surface area contributed by atoms with E-state index in [1.165, 1.54) is 0 Å². The largest absolute Gasteiger partial charge is 1.00 e. The molecule has 48 valence electrons. The van der Waals surface area contributed by atoms with Crippen molar-refractivity contribution in [1.29, 1.82) is 0 Å². The van der Waals surface area contributed by atoms with Crippen LogP contribution in [-0.4, -0.2) is 4.98 Å². The molecule has 0 bridgehead atoms. The summed E-state index contributed by atoms with van der Waals surface area (Å²) in [5.41, 5.74) is 0. The van der Waals surface area contributed by atoms with E-state index in [-0.39, 0.29) is 6.58 Å². The van der Waals surface area contributed by atoms with Crippen molar-refractivity contribution in [1.82, 2.24) is 4.98 Å². The molecule has 1 nitrogen and oxygen atoms in total. The second kappa shape index (κ2) is 2.74. The molecule has 0 fully saturated rings. The summed E-state index contributed by atoms with van der Waals surface area (Å²) in [6.07, 6.45) is 0. The zero-order valence-electron chi connectivity index (χ0n) is 5.24. The van der Waals surface area contributed by atoms with Gasteiger partial charge in [0.2, 0.25) is 0 Å². The Morgan fingerprint density at radius 1 is 1.22 bits per heavy atom. The molecule has 0 N–H and O–H groups in total. The van der Waals surface area contributed by atoms with Crippen molar-refractivity contribution in [2.24, 2.45) is 0 Å². The van der Waals surface area contributed by atoms with Crippen molar-refractivity contribution in [2.75, 3.05) is 0 Å². The lowest BCUT2D eigenvalue weighted by Gasteiger charge is -1.91. The maximum absolute atomic E-state index is 5.53. The average molecular weight is 183 g/mol. The number of halogens is 3. The van der Waals surface area contributed by atoms with Crippen LogP contribution in [0.4, 0.5) is 0 Å². The van der Waals surface area contributed by atoms with Gasteiger partial charge < -0.3 is 0 Å². The van der Waals surface area contributed by atoms with Gasteiger partial charge in [-0.05, 0) is 12.1 Å². The molecule has 0 amide bonds. The fraction of sp³-hybridized carbons (Fsp3) is 0. The van der Waals surface area contributed by atoms with E-state index in [1.807, 2.05) is 0 Å². The van der Waals surface area contributed by atoms with E-state index in [0.29, 0.717) is 10.2 Å². The first-order chi connectivity index (χ1) is 4.20. The van der Waals surface area contributed by atoms with Crippen molar-refractivity contribution in [3.63, 3.8) is 0 Å². The Morgan fingerprint density at radius 2 is 1.89 bits per heavy atom. The summed E-state index contributed by atoms with van der Waals surface area (Å²) in [5.74, 6) is 0. The molecule has 0 saturated heterocycles. The molecule has 9 heavy (non-hydrogen) atoms. The molecule has 1 heterocycles. The summed E-state index contributed by atoms with van der Waals surface area (Å²) in [5, 5.41) is 1.01. The number of pyridine rings is 1. The minimum absolute atomic E-state index is 0. The maximum atomic E-state index is 5.53. The molecular formula is C5H3Cl3N+. The van der Waals surface area contributed by atoms with Crippen molar-refractivity contribution >= 4 is 34.8 Å². The smallest absolute Gasteiger partial charge is 0.223 e. The molecule has 0 aliphatic heterocycles. The molecule has 4 heteroatoms. The molecule has 0 spiro atoms. The highest BCUT2D eigenvalue weighted by molar-refractivity contribution is 6.41. The first kappa shape index (κ1) is 7.13. The molecular weight excluding hydrogens is 180 g/mol. The summed E-state index contributed by atoms with van der Waals surface area (Å²) in [7, 11) is 0. The molecule has 0 aromatic carbocycles. The Bertz CT molecular complexity index is 228. The van der Waals surface area contributed by atoms with E-state index < -0.39 is 0 Å². The number of hydrogen-bond donors (Lipinski definition) is 0. The molecule has 0 aliphatic carbocycles. The van der Waals surface area contributed by atoms with Gasteiger partial charge in [0.15, 0.2) is 0 Å². The highest BCUT2D eigenvalue weighted by Gasteiger charge is 1.96. The Hall–Kier alpha value is 0.0200. The van der Waals surface area contributed by atoms with Crippen molar-refractivity contribution in [3.8, 4) is 0 Å². The highest BCUT2D eigenvalue weighted by atomic mass is 35.5. The van der Waals surface area contributed by atoms with Crippen LogP contribution >= 0.6 is 34.8 Å². The second-order valence-electron chi connectivity index (χ2n) is 1.41. The predicted molar refractivity (Wildman–Crippen MR) is 40.4 cm³/mol. The highest BCUT2D eigenvalue weighted by Crippen LogP contribution is 2.20. The first-order valence-corrected chi connectivity index (χ1v) is 3.31. The summed E-state index contributed by atoms with van der Waals surface area (Å²) in [6, 6.07) is 3.18. The lowest BCUT2D eigenvalue weighted by molar-refractivity contribution is 1.33. The quantitative estimate of drug-likeness (QED) is 0.563. The van der Waals surface area contributed by atoms with E-state index in [0.717, 1.165) is 0 Å². The topological polar surface area (TPSA) is 12.9 Å². The fourth-order valence-electron chi connectivity index (χ4n) is 0.395. The monoisotopic (exact) mass is 182 g/mol. The van der Waals surface area contributed by atoms with Crippen LogP contribution in [0, 0.1) is 0 Å². The van der Waals surface area contributed by atoms with Crippen LogP contribution in [0.2, 0.25) is 15.3 Å². The van der Waals surface area contributed by atoms with Crippen molar-refractivity contribution in [3.05, 3.63) is 27.5 Å². The molecule has 0 unspecified atom stereocenters. The Labute approximate surface area is 69.0 Å². The minimum Gasteiger partial charge on any atom is -0.223 e. The third-order valence-electron chi connectivity index (χ3n) is 0.769. The first-order valence-electron chi connectivity index (χ1n) is 2.17. The summed E-state index contributed by atoms with van der Waals surface area (Å²) in [6.45, 7) is 0. The van der Waals surface area contributed by atoms with Gasteiger partial charge in [0.25, 0.3) is 0 Å². The van der Waals surface area contributed by atoms with E-state index in [4.69, 9.17) is 34.8 Å². The van der Waals surface area contributed by atoms with Crippen LogP contribution in [-0.2, 0) is 0 Å². The standard InChI is InChI=1S/C5H2Cl3N/c6-3-1-2-4(7)9-5(3)8/h1-2H/p+1. The molecule has 0 radical (unpaired) electrons. The predicted octanol–water partition coefficient (Wildman–Crippen LogP) is 3.15. The van der Waals surface area contributed by atoms with Crippen molar-refractivity contribution < 1.29 is 1.43 Å². The number of hydrogen-bond acceptors (Lipinski definition) is 1. The maximum Gasteiger partial charge on any atom is 1.00 e. The fourth-order valence-corrected chi connectivity index (χ4v) is 0.845. The average Bonchev–Trinajstić information content (AvgIpc) is 1.80. The van der Waals surface area contributed by atoms with Gasteiger partial charge in [-0.2, -0.15) is 0 Å². The second-order valence-corrected chi connectivity index (χ2v) is 2.56. The molecule has 0 atom stereocenters. The lowest BCUT2D eigenvalue weighted by atomic mass is 10.5. The van der Waals surface area contributed by atoms with Crippen molar-refractivity contribution in [2.45, 2.75) is 0 Å². The summed E-state index contributed by atoms with van der Waals surface area (Å²) >= 11 is 16.5. The molecule has 0 saturated carbocycles. The van der Waals surface area contributed by atoms with Gasteiger partial charge >= 0.3 is 1.43 Å². The van der Waals surface area contributed by atoms with Gasteiger partial charge in [-0.3, -0.25) is 0 Å². The normalized spacial score (nSPS) is 9.67. The van der Waals surface area contributed by atoms with Crippen LogP contribution in [0.25, 0.3) is 0 Å². The van der Waals surface area contributed by atoms with E-state index >= 15 is 0 Å². The number of aromatic nitrogens is 1. The summed E-state index contributed by atoms with van der Waals surface area (Å²) in [4.78, 5) is 3.67. The minimum atomic E-state index is 0. The third kappa shape index (κ3) is 1.71. The van der Waals surface area contributed by atoms with Crippen LogP contribution in [0.1, 0.15) is 1.43 Å². The van der Waals surface area contributed by atoms with E-state index in [9.17, 15) is 0 Å². The van der Waals surface area contributed by atoms with Gasteiger partial charge in [0, 0.05) is 0 Å². The van der Waals surface area contributed by atoms with Crippen LogP contribution in [0.15, 0.2) is 12.1 Å². The summed E-state index contributed by atoms with van der Waals surface area (Å²) < 4.78 is 0. The van der Waals surface area contributed by atoms with Gasteiger partial charge in [-0.1, -0.05) is 34.8 Å². The van der Waals surface area contributed by atoms with Crippen LogP contribution < -0.4 is 0 Å². The SMILES string of the molecule is Clc1ccc(Cl)c(Cl)n1.[H+]. The van der Waals surface area contributed by atoms with E-state index in [2.05, 4.69) is 4.98 Å². The van der Waals surface area contributed by atoms with Crippen LogP contribution in [0.3, 0.4) is 0 Å². The third-order valence-corrected chi connectivity index (χ3v) is 1.67. The Balaban J connectivity index is 0.000000810. The zero-order chi connectivity index (χ0) is 6.85. The molecule has 0 aliphatic rings. The Morgan fingerprint density at radius 3 is 2.33 bits per heavy atom.